The zero-order chi connectivity index (χ0) is 26.0. The Bertz CT molecular complexity index is 1380. The maximum atomic E-state index is 11.4. The lowest BCUT2D eigenvalue weighted by atomic mass is 10.0. The zero-order valence-electron chi connectivity index (χ0n) is 20.9. The molecule has 0 aliphatic carbocycles. The smallest absolute Gasteiger partial charge is 0.252 e. The predicted molar refractivity (Wildman–Crippen MR) is 142 cm³/mol. The van der Waals surface area contributed by atoms with E-state index in [1.165, 1.54) is 6.33 Å². The molecule has 2 heterocycles. The molecule has 5 rings (SSSR count). The van der Waals surface area contributed by atoms with Gasteiger partial charge in [0, 0.05) is 18.0 Å². The third-order valence-corrected chi connectivity index (χ3v) is 6.12. The summed E-state index contributed by atoms with van der Waals surface area (Å²) in [6.07, 6.45) is 2.56. The van der Waals surface area contributed by atoms with Crippen molar-refractivity contribution >= 4 is 5.78 Å². The Morgan fingerprint density at radius 1 is 0.711 bits per heavy atom. The number of rotatable bonds is 13. The molecule has 0 amide bonds. The maximum Gasteiger partial charge on any atom is 0.252 e. The van der Waals surface area contributed by atoms with Gasteiger partial charge >= 0.3 is 0 Å². The fraction of sp³-hybridized carbons (Fsp3) is 0.233. The lowest BCUT2D eigenvalue weighted by molar-refractivity contribution is -0.150. The minimum Gasteiger partial charge on any atom is -0.388 e. The third-order valence-electron chi connectivity index (χ3n) is 6.12. The molecule has 194 valence electrons. The van der Waals surface area contributed by atoms with E-state index < -0.39 is 18.3 Å². The normalized spacial score (nSPS) is 13.8. The number of aromatic nitrogens is 4. The van der Waals surface area contributed by atoms with E-state index in [1.54, 1.807) is 16.9 Å². The fourth-order valence-corrected chi connectivity index (χ4v) is 4.16. The molecule has 0 fully saturated rings. The van der Waals surface area contributed by atoms with E-state index in [0.717, 1.165) is 16.7 Å². The van der Waals surface area contributed by atoms with Gasteiger partial charge in [0.1, 0.15) is 24.6 Å². The average molecular weight is 511 g/mol. The van der Waals surface area contributed by atoms with Crippen LogP contribution in [-0.2, 0) is 34.0 Å². The Kier molecular flexibility index (Phi) is 8.81. The standard InChI is InChI=1S/C30H30N4O4/c35-27(21-36-18-23-10-4-1-5-11-23)29(38-20-25-14-8-3-9-15-25)28(37-19-24-12-6-2-7-13-24)26-16-31-30-32-22-33-34(30)17-26/h1-17,22,27-29,35H,18-21H2/t27-,28-,29+/m1/s1. The van der Waals surface area contributed by atoms with Crippen molar-refractivity contribution in [2.45, 2.75) is 38.1 Å². The topological polar surface area (TPSA) is 91.0 Å². The first kappa shape index (κ1) is 25.7. The second kappa shape index (κ2) is 13.0. The zero-order valence-corrected chi connectivity index (χ0v) is 20.9. The first-order valence-electron chi connectivity index (χ1n) is 12.5. The van der Waals surface area contributed by atoms with E-state index >= 15 is 0 Å². The van der Waals surface area contributed by atoms with E-state index in [-0.39, 0.29) is 6.61 Å². The summed E-state index contributed by atoms with van der Waals surface area (Å²) in [5, 5.41) is 15.6. The van der Waals surface area contributed by atoms with Crippen LogP contribution >= 0.6 is 0 Å². The van der Waals surface area contributed by atoms with Gasteiger partial charge in [0.25, 0.3) is 5.78 Å². The third kappa shape index (κ3) is 6.87. The molecule has 0 aliphatic rings. The predicted octanol–water partition coefficient (Wildman–Crippen LogP) is 4.55. The highest BCUT2D eigenvalue weighted by Gasteiger charge is 2.33. The van der Waals surface area contributed by atoms with Crippen LogP contribution in [0.1, 0.15) is 28.4 Å². The largest absolute Gasteiger partial charge is 0.388 e. The molecule has 0 saturated heterocycles. The molecule has 3 aromatic carbocycles. The number of aliphatic hydroxyl groups is 1. The Labute approximate surface area is 221 Å². The van der Waals surface area contributed by atoms with Crippen molar-refractivity contribution in [2.75, 3.05) is 6.61 Å². The van der Waals surface area contributed by atoms with Gasteiger partial charge < -0.3 is 19.3 Å². The Balaban J connectivity index is 1.40. The highest BCUT2D eigenvalue weighted by atomic mass is 16.6. The van der Waals surface area contributed by atoms with Crippen LogP contribution in [0.5, 0.6) is 0 Å². The van der Waals surface area contributed by atoms with Crippen molar-refractivity contribution in [1.29, 1.82) is 0 Å². The Morgan fingerprint density at radius 3 is 1.92 bits per heavy atom. The van der Waals surface area contributed by atoms with Crippen LogP contribution in [0.4, 0.5) is 0 Å². The van der Waals surface area contributed by atoms with Gasteiger partial charge in [-0.05, 0) is 16.7 Å². The van der Waals surface area contributed by atoms with Crippen molar-refractivity contribution in [3.63, 3.8) is 0 Å². The average Bonchev–Trinajstić information content (AvgIpc) is 3.44. The van der Waals surface area contributed by atoms with Gasteiger partial charge in [0.15, 0.2) is 0 Å². The Hall–Kier alpha value is -3.95. The van der Waals surface area contributed by atoms with Gasteiger partial charge in [0.05, 0.1) is 26.4 Å². The van der Waals surface area contributed by atoms with Crippen LogP contribution in [-0.4, -0.2) is 43.5 Å². The van der Waals surface area contributed by atoms with Gasteiger partial charge in [-0.2, -0.15) is 10.1 Å². The highest BCUT2D eigenvalue weighted by molar-refractivity contribution is 5.27. The number of benzene rings is 3. The van der Waals surface area contributed by atoms with Gasteiger partial charge in [-0.3, -0.25) is 0 Å². The summed E-state index contributed by atoms with van der Waals surface area (Å²) in [4.78, 5) is 8.56. The number of hydrogen-bond acceptors (Lipinski definition) is 7. The molecular weight excluding hydrogens is 480 g/mol. The molecule has 8 heteroatoms. The molecule has 0 unspecified atom stereocenters. The number of fused-ring (bicyclic) bond motifs is 1. The van der Waals surface area contributed by atoms with Gasteiger partial charge in [-0.25, -0.2) is 9.50 Å². The van der Waals surface area contributed by atoms with Crippen molar-refractivity contribution in [3.05, 3.63) is 132 Å². The molecule has 0 aliphatic heterocycles. The van der Waals surface area contributed by atoms with Crippen molar-refractivity contribution in [1.82, 2.24) is 19.6 Å². The number of hydrogen-bond donors (Lipinski definition) is 1. The number of ether oxygens (including phenoxy) is 3. The molecule has 3 atom stereocenters. The Morgan fingerprint density at radius 2 is 1.29 bits per heavy atom. The molecule has 0 radical (unpaired) electrons. The van der Waals surface area contributed by atoms with Gasteiger partial charge in [-0.1, -0.05) is 91.0 Å². The molecule has 8 nitrogen and oxygen atoms in total. The van der Waals surface area contributed by atoms with Crippen LogP contribution in [0.15, 0.2) is 110 Å². The van der Waals surface area contributed by atoms with Gasteiger partial charge in [0.2, 0.25) is 0 Å². The second-order valence-electron chi connectivity index (χ2n) is 8.94. The van der Waals surface area contributed by atoms with E-state index in [1.807, 2.05) is 91.0 Å². The van der Waals surface area contributed by atoms with Crippen molar-refractivity contribution < 1.29 is 19.3 Å². The maximum absolute atomic E-state index is 11.4. The van der Waals surface area contributed by atoms with Crippen LogP contribution < -0.4 is 0 Å². The highest BCUT2D eigenvalue weighted by Crippen LogP contribution is 2.28. The first-order chi connectivity index (χ1) is 18.8. The number of aliphatic hydroxyl groups excluding tert-OH is 1. The molecule has 5 aromatic rings. The quantitative estimate of drug-likeness (QED) is 0.249. The van der Waals surface area contributed by atoms with E-state index in [2.05, 4.69) is 15.1 Å². The summed E-state index contributed by atoms with van der Waals surface area (Å²) >= 11 is 0. The van der Waals surface area contributed by atoms with E-state index in [9.17, 15) is 5.11 Å². The molecule has 2 aromatic heterocycles. The minimum absolute atomic E-state index is 0.0680. The lowest BCUT2D eigenvalue weighted by Crippen LogP contribution is -2.39. The molecule has 1 N–H and O–H groups in total. The summed E-state index contributed by atoms with van der Waals surface area (Å²) in [6.45, 7) is 1.07. The SMILES string of the molecule is O[C@H](COCc1ccccc1)[C@H](OCc1ccccc1)[C@H](OCc1ccccc1)c1cnc2ncnn2c1. The fourth-order valence-electron chi connectivity index (χ4n) is 4.16. The van der Waals surface area contributed by atoms with Crippen LogP contribution in [0.2, 0.25) is 0 Å². The minimum atomic E-state index is -0.977. The van der Waals surface area contributed by atoms with Crippen molar-refractivity contribution in [3.8, 4) is 0 Å². The van der Waals surface area contributed by atoms with Crippen LogP contribution in [0, 0.1) is 0 Å². The number of nitrogens with zero attached hydrogens (tertiary/aromatic N) is 4. The van der Waals surface area contributed by atoms with Crippen LogP contribution in [0.25, 0.3) is 5.78 Å². The molecule has 0 spiro atoms. The second-order valence-corrected chi connectivity index (χ2v) is 8.94. The summed E-state index contributed by atoms with van der Waals surface area (Å²) in [7, 11) is 0. The summed E-state index contributed by atoms with van der Waals surface area (Å²) < 4.78 is 20.3. The first-order valence-corrected chi connectivity index (χ1v) is 12.5. The van der Waals surface area contributed by atoms with Crippen molar-refractivity contribution in [2.24, 2.45) is 0 Å². The lowest BCUT2D eigenvalue weighted by Gasteiger charge is -2.31. The summed E-state index contributed by atoms with van der Waals surface area (Å²) in [5.41, 5.74) is 3.73. The molecule has 38 heavy (non-hydrogen) atoms. The summed E-state index contributed by atoms with van der Waals surface area (Å²) in [6, 6.07) is 29.6. The van der Waals surface area contributed by atoms with E-state index in [4.69, 9.17) is 14.2 Å². The monoisotopic (exact) mass is 510 g/mol. The van der Waals surface area contributed by atoms with Gasteiger partial charge in [-0.15, -0.1) is 0 Å². The molecule has 0 bridgehead atoms. The van der Waals surface area contributed by atoms with E-state index in [0.29, 0.717) is 31.2 Å². The molecular formula is C30H30N4O4. The summed E-state index contributed by atoms with van der Waals surface area (Å²) in [5.74, 6) is 0.476. The molecule has 0 saturated carbocycles. The van der Waals surface area contributed by atoms with Crippen LogP contribution in [0.3, 0.4) is 0 Å².